The van der Waals surface area contributed by atoms with Crippen LogP contribution in [0.3, 0.4) is 0 Å². The number of nitrogens with one attached hydrogen (secondary N) is 3. The van der Waals surface area contributed by atoms with E-state index in [-0.39, 0.29) is 13.0 Å². The van der Waals surface area contributed by atoms with Gasteiger partial charge in [-0.25, -0.2) is 0 Å². The van der Waals surface area contributed by atoms with Crippen molar-refractivity contribution in [2.24, 2.45) is 0 Å². The van der Waals surface area contributed by atoms with E-state index in [0.29, 0.717) is 12.3 Å². The Kier molecular flexibility index (Phi) is 6.45. The maximum atomic E-state index is 11.5. The molecule has 0 amide bonds. The number of aliphatic hydroxyl groups excluding tert-OH is 2. The van der Waals surface area contributed by atoms with E-state index in [1.54, 1.807) is 39.4 Å². The average Bonchev–Trinajstić information content (AvgIpc) is 3.22. The quantitative estimate of drug-likeness (QED) is 0.252. The van der Waals surface area contributed by atoms with Gasteiger partial charge in [-0.15, -0.1) is 0 Å². The Morgan fingerprint density at radius 3 is 2.45 bits per heavy atom. The lowest BCUT2D eigenvalue weighted by Crippen LogP contribution is -2.81. The summed E-state index contributed by atoms with van der Waals surface area (Å²) in [6.07, 6.45) is -4.10. The minimum atomic E-state index is -2.22. The van der Waals surface area contributed by atoms with Crippen molar-refractivity contribution >= 4 is 0 Å². The summed E-state index contributed by atoms with van der Waals surface area (Å²) in [7, 11) is 3.28. The van der Waals surface area contributed by atoms with Crippen LogP contribution in [0.4, 0.5) is 0 Å². The molecule has 3 fully saturated rings. The molecule has 1 unspecified atom stereocenters. The van der Waals surface area contributed by atoms with Crippen molar-refractivity contribution in [3.63, 3.8) is 0 Å². The molecular formula is C20H33N3O8. The van der Waals surface area contributed by atoms with Crippen LogP contribution in [0.2, 0.25) is 0 Å². The number of fused-ring (bicyclic) bond motifs is 2. The van der Waals surface area contributed by atoms with Crippen molar-refractivity contribution in [3.05, 3.63) is 24.2 Å². The van der Waals surface area contributed by atoms with E-state index in [9.17, 15) is 20.4 Å². The minimum Gasteiger partial charge on any atom is -0.468 e. The molecule has 3 aliphatic rings. The zero-order chi connectivity index (χ0) is 22.4. The fraction of sp³-hybridized carbons (Fsp3) is 0.800. The Morgan fingerprint density at radius 2 is 1.81 bits per heavy atom. The molecule has 2 aliphatic heterocycles. The monoisotopic (exact) mass is 443 g/mol. The van der Waals surface area contributed by atoms with E-state index >= 15 is 0 Å². The van der Waals surface area contributed by atoms with Crippen LogP contribution < -0.4 is 16.0 Å². The van der Waals surface area contributed by atoms with Crippen molar-refractivity contribution in [1.29, 1.82) is 0 Å². The largest absolute Gasteiger partial charge is 0.468 e. The molecule has 7 N–H and O–H groups in total. The van der Waals surface area contributed by atoms with Crippen molar-refractivity contribution in [2.75, 3.05) is 20.6 Å². The predicted molar refractivity (Wildman–Crippen MR) is 107 cm³/mol. The molecule has 1 saturated carbocycles. The first-order valence-corrected chi connectivity index (χ1v) is 10.6. The van der Waals surface area contributed by atoms with E-state index in [1.165, 1.54) is 0 Å². The first-order chi connectivity index (χ1) is 14.7. The molecule has 1 aliphatic carbocycles. The molecule has 0 bridgehead atoms. The Hall–Kier alpha value is -1.12. The molecule has 0 aromatic carbocycles. The highest BCUT2D eigenvalue weighted by Crippen LogP contribution is 2.46. The van der Waals surface area contributed by atoms with Gasteiger partial charge in [-0.2, -0.15) is 0 Å². The summed E-state index contributed by atoms with van der Waals surface area (Å²) in [5, 5.41) is 53.5. The van der Waals surface area contributed by atoms with Crippen LogP contribution >= 0.6 is 0 Å². The molecule has 0 spiro atoms. The molecule has 0 radical (unpaired) electrons. The number of likely N-dealkylation sites (N-methyl/N-ethyl adjacent to an activating group) is 2. The first-order valence-electron chi connectivity index (χ1n) is 10.6. The third-order valence-corrected chi connectivity index (χ3v) is 6.65. The van der Waals surface area contributed by atoms with Crippen LogP contribution in [0.25, 0.3) is 0 Å². The highest BCUT2D eigenvalue weighted by atomic mass is 16.8. The van der Waals surface area contributed by atoms with E-state index in [2.05, 4.69) is 16.0 Å². The van der Waals surface area contributed by atoms with Gasteiger partial charge in [-0.1, -0.05) is 0 Å². The fourth-order valence-corrected chi connectivity index (χ4v) is 5.03. The first kappa shape index (κ1) is 23.1. The molecule has 10 atom stereocenters. The Balaban J connectivity index is 1.58. The van der Waals surface area contributed by atoms with Gasteiger partial charge in [0.05, 0.1) is 37.1 Å². The smallest absolute Gasteiger partial charge is 0.249 e. The fourth-order valence-electron chi connectivity index (χ4n) is 5.03. The zero-order valence-corrected chi connectivity index (χ0v) is 17.9. The SMILES string of the molecule is CN[C@@H]1[C@H](O)[C@H](NC)[C@H]2O[C@]3(O)[C@H](OC2[C@H]1O)O[C@H](C)C[C@@]3(O)CNCc1ccco1. The standard InChI is InChI=1S/C20H33N3O8/c1-10-7-19(26,9-23-8-11-5-4-6-28-11)20(27)18(29-10)30-17-15(25)12(21-2)14(24)13(22-3)16(17)31-20/h4-6,10,12-18,21-27H,7-9H2,1-3H3/t10-,12-,13+,14+,15+,16-,17?,18+,19-,20-/m1/s1. The van der Waals surface area contributed by atoms with E-state index in [0.717, 1.165) is 0 Å². The van der Waals surface area contributed by atoms with Crippen LogP contribution in [0.15, 0.2) is 22.8 Å². The third kappa shape index (κ3) is 3.82. The van der Waals surface area contributed by atoms with E-state index in [4.69, 9.17) is 18.6 Å². The Bertz CT molecular complexity index is 738. The number of hydrogen-bond donors (Lipinski definition) is 7. The molecule has 2 saturated heterocycles. The van der Waals surface area contributed by atoms with Crippen LogP contribution in [0, 0.1) is 0 Å². The van der Waals surface area contributed by atoms with Gasteiger partial charge in [0.25, 0.3) is 0 Å². The highest BCUT2D eigenvalue weighted by molar-refractivity contribution is 5.12. The highest BCUT2D eigenvalue weighted by Gasteiger charge is 2.68. The van der Waals surface area contributed by atoms with Gasteiger partial charge in [0.1, 0.15) is 29.7 Å². The van der Waals surface area contributed by atoms with Crippen LogP contribution in [-0.4, -0.2) is 101 Å². The maximum absolute atomic E-state index is 11.5. The summed E-state index contributed by atoms with van der Waals surface area (Å²) < 4.78 is 23.1. The second-order valence-corrected chi connectivity index (χ2v) is 8.69. The summed E-state index contributed by atoms with van der Waals surface area (Å²) in [5.74, 6) is -1.54. The van der Waals surface area contributed by atoms with Gasteiger partial charge in [-0.05, 0) is 33.2 Å². The number of aliphatic hydroxyl groups is 4. The molecule has 4 rings (SSSR count). The second kappa shape index (κ2) is 8.67. The van der Waals surface area contributed by atoms with Crippen molar-refractivity contribution in [3.8, 4) is 0 Å². The summed E-state index contributed by atoms with van der Waals surface area (Å²) in [5.41, 5.74) is -1.76. The molecule has 1 aromatic heterocycles. The Labute approximate surface area is 180 Å². The van der Waals surface area contributed by atoms with Crippen LogP contribution in [0.5, 0.6) is 0 Å². The van der Waals surface area contributed by atoms with Crippen molar-refractivity contribution in [2.45, 2.75) is 80.2 Å². The molecule has 31 heavy (non-hydrogen) atoms. The van der Waals surface area contributed by atoms with Gasteiger partial charge in [0.15, 0.2) is 0 Å². The van der Waals surface area contributed by atoms with E-state index in [1.807, 2.05) is 0 Å². The maximum Gasteiger partial charge on any atom is 0.249 e. The third-order valence-electron chi connectivity index (χ3n) is 6.65. The number of rotatable bonds is 6. The summed E-state index contributed by atoms with van der Waals surface area (Å²) in [6, 6.07) is 2.21. The molecule has 11 nitrogen and oxygen atoms in total. The summed E-state index contributed by atoms with van der Waals surface area (Å²) >= 11 is 0. The summed E-state index contributed by atoms with van der Waals surface area (Å²) in [6.45, 7) is 2.09. The minimum absolute atomic E-state index is 0.0242. The number of ether oxygens (including phenoxy) is 3. The van der Waals surface area contributed by atoms with Gasteiger partial charge in [0.2, 0.25) is 12.1 Å². The number of hydrogen-bond acceptors (Lipinski definition) is 11. The van der Waals surface area contributed by atoms with Crippen molar-refractivity contribution < 1.29 is 39.1 Å². The van der Waals surface area contributed by atoms with Crippen LogP contribution in [0.1, 0.15) is 19.1 Å². The predicted octanol–water partition coefficient (Wildman–Crippen LogP) is -2.38. The van der Waals surface area contributed by atoms with Gasteiger partial charge in [0, 0.05) is 13.0 Å². The summed E-state index contributed by atoms with van der Waals surface area (Å²) in [4.78, 5) is 0. The lowest BCUT2D eigenvalue weighted by atomic mass is 9.77. The van der Waals surface area contributed by atoms with Gasteiger partial charge in [-0.3, -0.25) is 0 Å². The van der Waals surface area contributed by atoms with Crippen molar-refractivity contribution in [1.82, 2.24) is 16.0 Å². The topological polar surface area (TPSA) is 158 Å². The lowest BCUT2D eigenvalue weighted by molar-refractivity contribution is -0.482. The molecule has 176 valence electrons. The normalized spacial score (nSPS) is 47.6. The van der Waals surface area contributed by atoms with Gasteiger partial charge >= 0.3 is 0 Å². The molecular weight excluding hydrogens is 410 g/mol. The molecule has 11 heteroatoms. The molecule has 1 aromatic rings. The molecule has 3 heterocycles. The average molecular weight is 443 g/mol. The zero-order valence-electron chi connectivity index (χ0n) is 17.9. The lowest BCUT2D eigenvalue weighted by Gasteiger charge is -2.60. The second-order valence-electron chi connectivity index (χ2n) is 8.69. The van der Waals surface area contributed by atoms with Crippen LogP contribution in [-0.2, 0) is 20.8 Å². The Morgan fingerprint density at radius 1 is 1.06 bits per heavy atom. The number of furan rings is 1. The van der Waals surface area contributed by atoms with Gasteiger partial charge < -0.3 is 55.0 Å². The van der Waals surface area contributed by atoms with E-state index < -0.39 is 60.3 Å².